The van der Waals surface area contributed by atoms with Crippen LogP contribution in [0.5, 0.6) is 5.75 Å². The SMILES string of the molecule is COC(=O)c1cc(C=CCN2CCOCC2)ccc1OCc1ccc(F)cc1. The zero-order chi connectivity index (χ0) is 19.8. The van der Waals surface area contributed by atoms with Crippen molar-refractivity contribution in [2.75, 3.05) is 40.0 Å². The Morgan fingerprint density at radius 1 is 1.18 bits per heavy atom. The van der Waals surface area contributed by atoms with Crippen molar-refractivity contribution in [2.45, 2.75) is 6.61 Å². The lowest BCUT2D eigenvalue weighted by Crippen LogP contribution is -2.36. The van der Waals surface area contributed by atoms with Gasteiger partial charge in [-0.15, -0.1) is 0 Å². The van der Waals surface area contributed by atoms with E-state index in [9.17, 15) is 9.18 Å². The van der Waals surface area contributed by atoms with E-state index in [1.54, 1.807) is 24.3 Å². The van der Waals surface area contributed by atoms with Gasteiger partial charge in [0.05, 0.1) is 20.3 Å². The summed E-state index contributed by atoms with van der Waals surface area (Å²) in [6, 6.07) is 11.4. The molecular formula is C22H24FNO4. The van der Waals surface area contributed by atoms with E-state index in [4.69, 9.17) is 14.2 Å². The van der Waals surface area contributed by atoms with Crippen molar-refractivity contribution in [3.63, 3.8) is 0 Å². The summed E-state index contributed by atoms with van der Waals surface area (Å²) in [5, 5.41) is 0. The first-order valence-electron chi connectivity index (χ1n) is 9.22. The molecule has 2 aromatic carbocycles. The Morgan fingerprint density at radius 2 is 1.93 bits per heavy atom. The number of ether oxygens (including phenoxy) is 3. The smallest absolute Gasteiger partial charge is 0.341 e. The highest BCUT2D eigenvalue weighted by Gasteiger charge is 2.14. The van der Waals surface area contributed by atoms with Crippen LogP contribution in [0.3, 0.4) is 0 Å². The Hall–Kier alpha value is -2.70. The molecule has 1 aliphatic rings. The van der Waals surface area contributed by atoms with E-state index in [2.05, 4.69) is 11.0 Å². The highest BCUT2D eigenvalue weighted by molar-refractivity contribution is 5.93. The van der Waals surface area contributed by atoms with Crippen LogP contribution < -0.4 is 4.74 Å². The maximum absolute atomic E-state index is 13.0. The molecule has 0 aliphatic carbocycles. The third-order valence-electron chi connectivity index (χ3n) is 4.49. The van der Waals surface area contributed by atoms with E-state index in [1.807, 2.05) is 12.1 Å². The standard InChI is InChI=1S/C22H24FNO4/c1-26-22(25)20-15-17(3-2-10-24-11-13-27-14-12-24)6-9-21(20)28-16-18-4-7-19(23)8-5-18/h2-9,15H,10-14,16H2,1H3. The second-order valence-electron chi connectivity index (χ2n) is 6.48. The second-order valence-corrected chi connectivity index (χ2v) is 6.48. The predicted molar refractivity (Wildman–Crippen MR) is 105 cm³/mol. The van der Waals surface area contributed by atoms with E-state index in [0.717, 1.165) is 44.0 Å². The average molecular weight is 385 g/mol. The Balaban J connectivity index is 1.68. The molecule has 0 unspecified atom stereocenters. The molecule has 1 fully saturated rings. The van der Waals surface area contributed by atoms with Crippen molar-refractivity contribution in [1.82, 2.24) is 4.90 Å². The average Bonchev–Trinajstić information content (AvgIpc) is 2.74. The zero-order valence-corrected chi connectivity index (χ0v) is 15.9. The summed E-state index contributed by atoms with van der Waals surface area (Å²) >= 11 is 0. The lowest BCUT2D eigenvalue weighted by Gasteiger charge is -2.25. The van der Waals surface area contributed by atoms with E-state index in [0.29, 0.717) is 11.3 Å². The number of carbonyl (C=O) groups is 1. The molecule has 148 valence electrons. The van der Waals surface area contributed by atoms with Crippen molar-refractivity contribution in [3.8, 4) is 5.75 Å². The number of rotatable bonds is 7. The zero-order valence-electron chi connectivity index (χ0n) is 15.9. The fourth-order valence-corrected chi connectivity index (χ4v) is 2.91. The minimum atomic E-state index is -0.461. The van der Waals surface area contributed by atoms with Crippen LogP contribution in [0.2, 0.25) is 0 Å². The minimum absolute atomic E-state index is 0.233. The van der Waals surface area contributed by atoms with Crippen molar-refractivity contribution in [1.29, 1.82) is 0 Å². The summed E-state index contributed by atoms with van der Waals surface area (Å²) in [4.78, 5) is 14.5. The number of halogens is 1. The Bertz CT molecular complexity index is 814. The molecule has 5 nitrogen and oxygen atoms in total. The molecule has 0 radical (unpaired) electrons. The van der Waals surface area contributed by atoms with Crippen LogP contribution in [0, 0.1) is 5.82 Å². The molecule has 0 atom stereocenters. The van der Waals surface area contributed by atoms with Gasteiger partial charge in [-0.3, -0.25) is 4.90 Å². The first-order valence-corrected chi connectivity index (χ1v) is 9.22. The quantitative estimate of drug-likeness (QED) is 0.683. The molecule has 1 aliphatic heterocycles. The topological polar surface area (TPSA) is 48.0 Å². The van der Waals surface area contributed by atoms with Crippen LogP contribution in [0.1, 0.15) is 21.5 Å². The Kier molecular flexibility index (Phi) is 7.17. The maximum atomic E-state index is 13.0. The van der Waals surface area contributed by atoms with Gasteiger partial charge >= 0.3 is 5.97 Å². The lowest BCUT2D eigenvalue weighted by molar-refractivity contribution is 0.0435. The molecule has 28 heavy (non-hydrogen) atoms. The summed E-state index contributed by atoms with van der Waals surface area (Å²) in [7, 11) is 1.34. The van der Waals surface area contributed by atoms with Crippen LogP contribution in [0.15, 0.2) is 48.5 Å². The van der Waals surface area contributed by atoms with Gasteiger partial charge in [-0.05, 0) is 35.4 Å². The predicted octanol–water partition coefficient (Wildman–Crippen LogP) is 3.54. The summed E-state index contributed by atoms with van der Waals surface area (Å²) in [6.07, 6.45) is 4.05. The fraction of sp³-hybridized carbons (Fsp3) is 0.318. The third kappa shape index (κ3) is 5.65. The van der Waals surface area contributed by atoms with Gasteiger partial charge < -0.3 is 14.2 Å². The number of hydrogen-bond acceptors (Lipinski definition) is 5. The molecule has 3 rings (SSSR count). The van der Waals surface area contributed by atoms with Crippen LogP contribution >= 0.6 is 0 Å². The van der Waals surface area contributed by atoms with Crippen molar-refractivity contribution >= 4 is 12.0 Å². The van der Waals surface area contributed by atoms with Gasteiger partial charge in [0.2, 0.25) is 0 Å². The summed E-state index contributed by atoms with van der Waals surface area (Å²) in [6.45, 7) is 4.44. The number of nitrogens with zero attached hydrogens (tertiary/aromatic N) is 1. The first-order chi connectivity index (χ1) is 13.7. The summed E-state index contributed by atoms with van der Waals surface area (Å²) in [5.41, 5.74) is 2.06. The number of carbonyl (C=O) groups excluding carboxylic acids is 1. The summed E-state index contributed by atoms with van der Waals surface area (Å²) in [5.74, 6) is -0.328. The molecule has 0 aromatic heterocycles. The molecular weight excluding hydrogens is 361 g/mol. The van der Waals surface area contributed by atoms with Gasteiger partial charge in [-0.1, -0.05) is 30.4 Å². The van der Waals surface area contributed by atoms with Gasteiger partial charge in [0.25, 0.3) is 0 Å². The van der Waals surface area contributed by atoms with E-state index in [-0.39, 0.29) is 12.4 Å². The van der Waals surface area contributed by atoms with Crippen LogP contribution in [0.4, 0.5) is 4.39 Å². The Morgan fingerprint density at radius 3 is 2.64 bits per heavy atom. The fourth-order valence-electron chi connectivity index (χ4n) is 2.91. The maximum Gasteiger partial charge on any atom is 0.341 e. The number of methoxy groups -OCH3 is 1. The van der Waals surface area contributed by atoms with E-state index in [1.165, 1.54) is 19.2 Å². The van der Waals surface area contributed by atoms with Crippen LogP contribution in [0.25, 0.3) is 6.08 Å². The molecule has 0 saturated carbocycles. The largest absolute Gasteiger partial charge is 0.488 e. The van der Waals surface area contributed by atoms with Crippen LogP contribution in [-0.2, 0) is 16.1 Å². The highest BCUT2D eigenvalue weighted by atomic mass is 19.1. The highest BCUT2D eigenvalue weighted by Crippen LogP contribution is 2.23. The molecule has 0 spiro atoms. The molecule has 0 bridgehead atoms. The minimum Gasteiger partial charge on any atom is -0.488 e. The van der Waals surface area contributed by atoms with Gasteiger partial charge in [0, 0.05) is 19.6 Å². The summed E-state index contributed by atoms with van der Waals surface area (Å²) < 4.78 is 29.0. The van der Waals surface area contributed by atoms with Gasteiger partial charge in [0.15, 0.2) is 0 Å². The molecule has 0 N–H and O–H groups in total. The number of esters is 1. The monoisotopic (exact) mass is 385 g/mol. The second kappa shape index (κ2) is 10.0. The molecule has 6 heteroatoms. The molecule has 1 heterocycles. The van der Waals surface area contributed by atoms with Crippen molar-refractivity contribution in [3.05, 3.63) is 71.0 Å². The Labute approximate surface area is 164 Å². The third-order valence-corrected chi connectivity index (χ3v) is 4.49. The first kappa shape index (κ1) is 20.0. The molecule has 1 saturated heterocycles. The van der Waals surface area contributed by atoms with Gasteiger partial charge in [-0.2, -0.15) is 0 Å². The normalized spacial score (nSPS) is 14.9. The van der Waals surface area contributed by atoms with Crippen molar-refractivity contribution in [2.24, 2.45) is 0 Å². The van der Waals surface area contributed by atoms with E-state index < -0.39 is 5.97 Å². The van der Waals surface area contributed by atoms with Crippen molar-refractivity contribution < 1.29 is 23.4 Å². The van der Waals surface area contributed by atoms with Gasteiger partial charge in [-0.25, -0.2) is 9.18 Å². The molecule has 2 aromatic rings. The van der Waals surface area contributed by atoms with E-state index >= 15 is 0 Å². The molecule has 0 amide bonds. The van der Waals surface area contributed by atoms with Crippen LogP contribution in [-0.4, -0.2) is 50.8 Å². The number of hydrogen-bond donors (Lipinski definition) is 0. The van der Waals surface area contributed by atoms with Gasteiger partial charge in [0.1, 0.15) is 23.7 Å². The number of benzene rings is 2. The number of morpholine rings is 1. The lowest BCUT2D eigenvalue weighted by atomic mass is 10.1.